The second-order valence-electron chi connectivity index (χ2n) is 4.03. The highest BCUT2D eigenvalue weighted by atomic mass is 32.2. The van der Waals surface area contributed by atoms with Gasteiger partial charge in [0.2, 0.25) is 0 Å². The van der Waals surface area contributed by atoms with E-state index in [9.17, 15) is 0 Å². The second-order valence-corrected chi connectivity index (χ2v) is 5.84. The monoisotopic (exact) mass is 278 g/mol. The molecule has 0 aliphatic heterocycles. The van der Waals surface area contributed by atoms with Gasteiger partial charge in [-0.3, -0.25) is 0 Å². The predicted octanol–water partition coefficient (Wildman–Crippen LogP) is 3.95. The summed E-state index contributed by atoms with van der Waals surface area (Å²) in [6.45, 7) is 3.19. The molecule has 0 amide bonds. The van der Waals surface area contributed by atoms with Gasteiger partial charge < -0.3 is 5.32 Å². The third-order valence-corrected chi connectivity index (χ3v) is 4.33. The second kappa shape index (κ2) is 6.92. The van der Waals surface area contributed by atoms with Gasteiger partial charge in [-0.05, 0) is 36.9 Å². The Bertz CT molecular complexity index is 451. The lowest BCUT2D eigenvalue weighted by molar-refractivity contribution is 0.595. The Balaban J connectivity index is 2.21. The average Bonchev–Trinajstić information content (AvgIpc) is 2.94. The molecule has 2 rings (SSSR count). The van der Waals surface area contributed by atoms with Gasteiger partial charge >= 0.3 is 0 Å². The maximum Gasteiger partial charge on any atom is 0.114 e. The van der Waals surface area contributed by atoms with E-state index < -0.39 is 0 Å². The fraction of sp³-hybridized carbons (Fsp3) is 0.357. The summed E-state index contributed by atoms with van der Waals surface area (Å²) in [5.41, 5.74) is 1.29. The van der Waals surface area contributed by atoms with Crippen LogP contribution in [-0.4, -0.2) is 17.8 Å². The summed E-state index contributed by atoms with van der Waals surface area (Å²) in [5.74, 6) is 0. The Morgan fingerprint density at radius 3 is 2.67 bits per heavy atom. The highest BCUT2D eigenvalue weighted by Crippen LogP contribution is 2.25. The van der Waals surface area contributed by atoms with Gasteiger partial charge in [0.25, 0.3) is 0 Å². The lowest BCUT2D eigenvalue weighted by Gasteiger charge is -2.16. The summed E-state index contributed by atoms with van der Waals surface area (Å²) >= 11 is 3.48. The Labute approximate surface area is 117 Å². The summed E-state index contributed by atoms with van der Waals surface area (Å²) in [6, 6.07) is 8.96. The highest BCUT2D eigenvalue weighted by molar-refractivity contribution is 7.98. The molecule has 96 valence electrons. The van der Waals surface area contributed by atoms with Gasteiger partial charge in [0.1, 0.15) is 5.01 Å². The minimum absolute atomic E-state index is 0.223. The lowest BCUT2D eigenvalue weighted by atomic mass is 10.1. The van der Waals surface area contributed by atoms with E-state index in [2.05, 4.69) is 47.7 Å². The molecule has 1 aromatic carbocycles. The highest BCUT2D eigenvalue weighted by Gasteiger charge is 2.15. The van der Waals surface area contributed by atoms with E-state index in [1.165, 1.54) is 10.5 Å². The van der Waals surface area contributed by atoms with Gasteiger partial charge in [-0.25, -0.2) is 4.98 Å². The van der Waals surface area contributed by atoms with Gasteiger partial charge in [-0.2, -0.15) is 0 Å². The topological polar surface area (TPSA) is 24.9 Å². The van der Waals surface area contributed by atoms with E-state index in [4.69, 9.17) is 0 Å². The number of nitrogens with zero attached hydrogens (tertiary/aromatic N) is 1. The number of hydrogen-bond donors (Lipinski definition) is 1. The molecular weight excluding hydrogens is 260 g/mol. The molecule has 0 bridgehead atoms. The minimum atomic E-state index is 0.223. The first kappa shape index (κ1) is 13.6. The van der Waals surface area contributed by atoms with E-state index >= 15 is 0 Å². The van der Waals surface area contributed by atoms with Crippen molar-refractivity contribution in [2.24, 2.45) is 0 Å². The molecule has 1 aromatic heterocycles. The molecule has 1 N–H and O–H groups in total. The Hall–Kier alpha value is -0.840. The fourth-order valence-electron chi connectivity index (χ4n) is 1.81. The standard InChI is InChI=1S/C14H18N2S2/c1-3-8-15-13(14-16-9-10-18-14)11-4-6-12(17-2)7-5-11/h4-7,9-10,13,15H,3,8H2,1-2H3. The van der Waals surface area contributed by atoms with E-state index in [-0.39, 0.29) is 6.04 Å². The van der Waals surface area contributed by atoms with Crippen LogP contribution in [0.2, 0.25) is 0 Å². The van der Waals surface area contributed by atoms with Gasteiger partial charge in [-0.1, -0.05) is 19.1 Å². The smallest absolute Gasteiger partial charge is 0.114 e. The molecule has 0 aliphatic carbocycles. The minimum Gasteiger partial charge on any atom is -0.304 e. The Morgan fingerprint density at radius 1 is 1.33 bits per heavy atom. The number of benzene rings is 1. The van der Waals surface area contributed by atoms with Crippen LogP contribution in [0, 0.1) is 0 Å². The zero-order chi connectivity index (χ0) is 12.8. The molecule has 1 atom stereocenters. The first-order valence-electron chi connectivity index (χ1n) is 6.12. The molecule has 2 nitrogen and oxygen atoms in total. The maximum absolute atomic E-state index is 4.44. The largest absolute Gasteiger partial charge is 0.304 e. The third-order valence-electron chi connectivity index (χ3n) is 2.75. The molecule has 18 heavy (non-hydrogen) atoms. The number of rotatable bonds is 6. The van der Waals surface area contributed by atoms with Crippen LogP contribution in [-0.2, 0) is 0 Å². The Kier molecular flexibility index (Phi) is 5.23. The molecule has 0 radical (unpaired) electrons. The van der Waals surface area contributed by atoms with Gasteiger partial charge in [0, 0.05) is 16.5 Å². The molecule has 0 saturated carbocycles. The number of aromatic nitrogens is 1. The number of thioether (sulfide) groups is 1. The molecule has 0 spiro atoms. The zero-order valence-corrected chi connectivity index (χ0v) is 12.4. The van der Waals surface area contributed by atoms with Crippen molar-refractivity contribution in [3.63, 3.8) is 0 Å². The van der Waals surface area contributed by atoms with Crippen molar-refractivity contribution >= 4 is 23.1 Å². The van der Waals surface area contributed by atoms with Crippen LogP contribution in [0.25, 0.3) is 0 Å². The predicted molar refractivity (Wildman–Crippen MR) is 80.5 cm³/mol. The third kappa shape index (κ3) is 3.34. The number of nitrogens with one attached hydrogen (secondary N) is 1. The summed E-state index contributed by atoms with van der Waals surface area (Å²) in [4.78, 5) is 5.74. The van der Waals surface area contributed by atoms with Crippen molar-refractivity contribution in [1.29, 1.82) is 0 Å². The van der Waals surface area contributed by atoms with Crippen LogP contribution in [0.5, 0.6) is 0 Å². The first-order chi connectivity index (χ1) is 8.85. The van der Waals surface area contributed by atoms with Crippen molar-refractivity contribution in [3.05, 3.63) is 46.4 Å². The molecule has 4 heteroatoms. The van der Waals surface area contributed by atoms with E-state index in [0.29, 0.717) is 0 Å². The van der Waals surface area contributed by atoms with Gasteiger partial charge in [0.15, 0.2) is 0 Å². The lowest BCUT2D eigenvalue weighted by Crippen LogP contribution is -2.22. The number of thiazole rings is 1. The molecular formula is C14H18N2S2. The SMILES string of the molecule is CCCNC(c1ccc(SC)cc1)c1nccs1. The van der Waals surface area contributed by atoms with Crippen molar-refractivity contribution in [2.45, 2.75) is 24.3 Å². The van der Waals surface area contributed by atoms with Crippen LogP contribution in [0.3, 0.4) is 0 Å². The molecule has 0 fully saturated rings. The summed E-state index contributed by atoms with van der Waals surface area (Å²) in [5, 5.41) is 6.74. The van der Waals surface area contributed by atoms with E-state index in [1.807, 2.05) is 11.6 Å². The van der Waals surface area contributed by atoms with Crippen LogP contribution < -0.4 is 5.32 Å². The quantitative estimate of drug-likeness (QED) is 0.810. The summed E-state index contributed by atoms with van der Waals surface area (Å²) in [6.07, 6.45) is 5.10. The van der Waals surface area contributed by atoms with Crippen LogP contribution in [0.15, 0.2) is 40.7 Å². The summed E-state index contributed by atoms with van der Waals surface area (Å²) in [7, 11) is 0. The van der Waals surface area contributed by atoms with E-state index in [1.54, 1.807) is 23.1 Å². The maximum atomic E-state index is 4.44. The first-order valence-corrected chi connectivity index (χ1v) is 8.22. The van der Waals surface area contributed by atoms with Crippen molar-refractivity contribution in [2.75, 3.05) is 12.8 Å². The molecule has 0 aliphatic rings. The van der Waals surface area contributed by atoms with E-state index in [0.717, 1.165) is 18.0 Å². The molecule has 0 saturated heterocycles. The van der Waals surface area contributed by atoms with Crippen molar-refractivity contribution in [1.82, 2.24) is 10.3 Å². The van der Waals surface area contributed by atoms with Crippen LogP contribution in [0.1, 0.15) is 30.0 Å². The normalized spacial score (nSPS) is 12.6. The van der Waals surface area contributed by atoms with Crippen LogP contribution >= 0.6 is 23.1 Å². The zero-order valence-electron chi connectivity index (χ0n) is 10.7. The van der Waals surface area contributed by atoms with Gasteiger partial charge in [-0.15, -0.1) is 23.1 Å². The van der Waals surface area contributed by atoms with Crippen LogP contribution in [0.4, 0.5) is 0 Å². The molecule has 1 unspecified atom stereocenters. The molecule has 1 heterocycles. The fourth-order valence-corrected chi connectivity index (χ4v) is 2.96. The Morgan fingerprint density at radius 2 is 2.11 bits per heavy atom. The average molecular weight is 278 g/mol. The van der Waals surface area contributed by atoms with Crippen molar-refractivity contribution in [3.8, 4) is 0 Å². The van der Waals surface area contributed by atoms with Crippen molar-refractivity contribution < 1.29 is 0 Å². The molecule has 2 aromatic rings. The van der Waals surface area contributed by atoms with Gasteiger partial charge in [0.05, 0.1) is 6.04 Å². The summed E-state index contributed by atoms with van der Waals surface area (Å²) < 4.78 is 0. The number of hydrogen-bond acceptors (Lipinski definition) is 4.